The Hall–Kier alpha value is -2.57. The summed E-state index contributed by atoms with van der Waals surface area (Å²) < 4.78 is 9.67. The molecule has 0 radical (unpaired) electrons. The number of carbonyl (C=O) groups is 3. The van der Waals surface area contributed by atoms with Gasteiger partial charge >= 0.3 is 12.1 Å². The SMILES string of the molecule is COC(=O)[C@H](C)NC(=O)[C@H](NC(=O)OCc1ccccc1)C(C)C. The fraction of sp³-hybridized carbons (Fsp3) is 0.471. The molecular weight excluding hydrogens is 312 g/mol. The monoisotopic (exact) mass is 336 g/mol. The summed E-state index contributed by atoms with van der Waals surface area (Å²) >= 11 is 0. The van der Waals surface area contributed by atoms with Gasteiger partial charge in [-0.3, -0.25) is 4.79 Å². The van der Waals surface area contributed by atoms with Crippen LogP contribution >= 0.6 is 0 Å². The summed E-state index contributed by atoms with van der Waals surface area (Å²) in [5.74, 6) is -1.21. The number of rotatable bonds is 7. The molecule has 0 heterocycles. The van der Waals surface area contributed by atoms with Gasteiger partial charge in [0.25, 0.3) is 0 Å². The Morgan fingerprint density at radius 1 is 1.04 bits per heavy atom. The molecule has 2 atom stereocenters. The van der Waals surface area contributed by atoms with Gasteiger partial charge in [0.1, 0.15) is 18.7 Å². The van der Waals surface area contributed by atoms with Crippen molar-refractivity contribution in [2.45, 2.75) is 39.5 Å². The first-order chi connectivity index (χ1) is 11.3. The van der Waals surface area contributed by atoms with Gasteiger partial charge in [-0.15, -0.1) is 0 Å². The van der Waals surface area contributed by atoms with Crippen molar-refractivity contribution in [2.75, 3.05) is 7.11 Å². The Morgan fingerprint density at radius 3 is 2.21 bits per heavy atom. The van der Waals surface area contributed by atoms with Crippen LogP contribution in [0.3, 0.4) is 0 Å². The van der Waals surface area contributed by atoms with Crippen molar-refractivity contribution in [3.63, 3.8) is 0 Å². The Morgan fingerprint density at radius 2 is 1.67 bits per heavy atom. The zero-order valence-corrected chi connectivity index (χ0v) is 14.4. The molecule has 1 aromatic carbocycles. The smallest absolute Gasteiger partial charge is 0.408 e. The van der Waals surface area contributed by atoms with Crippen molar-refractivity contribution in [1.82, 2.24) is 10.6 Å². The molecule has 0 spiro atoms. The van der Waals surface area contributed by atoms with E-state index in [0.717, 1.165) is 5.56 Å². The second kappa shape index (κ2) is 9.54. The Kier molecular flexibility index (Phi) is 7.74. The van der Waals surface area contributed by atoms with E-state index in [0.29, 0.717) is 0 Å². The Balaban J connectivity index is 2.56. The van der Waals surface area contributed by atoms with Crippen LogP contribution in [0.5, 0.6) is 0 Å². The summed E-state index contributed by atoms with van der Waals surface area (Å²) in [4.78, 5) is 35.5. The molecule has 0 fully saturated rings. The molecule has 0 aliphatic heterocycles. The number of ether oxygens (including phenoxy) is 2. The number of methoxy groups -OCH3 is 1. The van der Waals surface area contributed by atoms with Crippen molar-refractivity contribution in [3.05, 3.63) is 35.9 Å². The van der Waals surface area contributed by atoms with Gasteiger partial charge in [0.15, 0.2) is 0 Å². The van der Waals surface area contributed by atoms with Crippen molar-refractivity contribution < 1.29 is 23.9 Å². The molecule has 0 saturated carbocycles. The van der Waals surface area contributed by atoms with E-state index in [9.17, 15) is 14.4 Å². The van der Waals surface area contributed by atoms with Crippen LogP contribution in [0.15, 0.2) is 30.3 Å². The average molecular weight is 336 g/mol. The largest absolute Gasteiger partial charge is 0.467 e. The molecule has 1 aromatic rings. The third-order valence-corrected chi connectivity index (χ3v) is 3.35. The van der Waals surface area contributed by atoms with Crippen molar-refractivity contribution >= 4 is 18.0 Å². The minimum Gasteiger partial charge on any atom is -0.467 e. The summed E-state index contributed by atoms with van der Waals surface area (Å²) in [7, 11) is 1.24. The van der Waals surface area contributed by atoms with E-state index >= 15 is 0 Å². The standard InChI is InChI=1S/C17H24N2O5/c1-11(2)14(15(20)18-12(3)16(21)23-4)19-17(22)24-10-13-8-6-5-7-9-13/h5-9,11-12,14H,10H2,1-4H3,(H,18,20)(H,19,22)/t12-,14+/m0/s1. The second-order valence-electron chi connectivity index (χ2n) is 5.68. The summed E-state index contributed by atoms with van der Waals surface area (Å²) in [6, 6.07) is 7.59. The molecule has 0 saturated heterocycles. The molecular formula is C17H24N2O5. The molecule has 24 heavy (non-hydrogen) atoms. The van der Waals surface area contributed by atoms with E-state index in [2.05, 4.69) is 15.4 Å². The zero-order chi connectivity index (χ0) is 18.1. The predicted molar refractivity (Wildman–Crippen MR) is 88.0 cm³/mol. The summed E-state index contributed by atoms with van der Waals surface area (Å²) in [5, 5.41) is 5.03. The minimum absolute atomic E-state index is 0.109. The summed E-state index contributed by atoms with van der Waals surface area (Å²) in [6.45, 7) is 5.18. The van der Waals surface area contributed by atoms with Gasteiger partial charge in [-0.2, -0.15) is 0 Å². The highest BCUT2D eigenvalue weighted by Crippen LogP contribution is 2.05. The maximum absolute atomic E-state index is 12.2. The highest BCUT2D eigenvalue weighted by molar-refractivity contribution is 5.89. The first-order valence-corrected chi connectivity index (χ1v) is 7.70. The molecule has 0 aliphatic carbocycles. The molecule has 1 rings (SSSR count). The lowest BCUT2D eigenvalue weighted by atomic mass is 10.0. The van der Waals surface area contributed by atoms with Crippen LogP contribution in [0.25, 0.3) is 0 Å². The molecule has 0 bridgehead atoms. The maximum atomic E-state index is 12.2. The quantitative estimate of drug-likeness (QED) is 0.738. The third-order valence-electron chi connectivity index (χ3n) is 3.35. The second-order valence-corrected chi connectivity index (χ2v) is 5.68. The molecule has 7 nitrogen and oxygen atoms in total. The van der Waals surface area contributed by atoms with Crippen LogP contribution in [0, 0.1) is 5.92 Å². The van der Waals surface area contributed by atoms with Crippen molar-refractivity contribution in [1.29, 1.82) is 0 Å². The lowest BCUT2D eigenvalue weighted by Gasteiger charge is -2.23. The maximum Gasteiger partial charge on any atom is 0.408 e. The lowest BCUT2D eigenvalue weighted by molar-refractivity contribution is -0.144. The fourth-order valence-electron chi connectivity index (χ4n) is 1.97. The number of alkyl carbamates (subject to hydrolysis) is 1. The fourth-order valence-corrected chi connectivity index (χ4v) is 1.97. The molecule has 2 amide bonds. The number of nitrogens with one attached hydrogen (secondary N) is 2. The summed E-state index contributed by atoms with van der Waals surface area (Å²) in [5.41, 5.74) is 0.845. The van der Waals surface area contributed by atoms with Crippen LogP contribution in [0.1, 0.15) is 26.3 Å². The van der Waals surface area contributed by atoms with Crippen LogP contribution < -0.4 is 10.6 Å². The van der Waals surface area contributed by atoms with Gasteiger partial charge in [0, 0.05) is 0 Å². The first kappa shape index (κ1) is 19.5. The predicted octanol–water partition coefficient (Wildman–Crippen LogP) is 1.62. The van der Waals surface area contributed by atoms with Crippen molar-refractivity contribution in [2.24, 2.45) is 5.92 Å². The number of amides is 2. The number of carbonyl (C=O) groups excluding carboxylic acids is 3. The molecule has 0 unspecified atom stereocenters. The van der Waals surface area contributed by atoms with E-state index in [-0.39, 0.29) is 12.5 Å². The van der Waals surface area contributed by atoms with Gasteiger partial charge in [0.2, 0.25) is 5.91 Å². The third kappa shape index (κ3) is 6.28. The number of hydrogen-bond donors (Lipinski definition) is 2. The normalized spacial score (nSPS) is 12.9. The summed E-state index contributed by atoms with van der Waals surface area (Å²) in [6.07, 6.45) is -0.696. The average Bonchev–Trinajstić information content (AvgIpc) is 2.57. The van der Waals surface area contributed by atoms with Crippen LogP contribution in [-0.2, 0) is 25.7 Å². The van der Waals surface area contributed by atoms with Gasteiger partial charge in [-0.25, -0.2) is 9.59 Å². The lowest BCUT2D eigenvalue weighted by Crippen LogP contribution is -2.53. The molecule has 132 valence electrons. The van der Waals surface area contributed by atoms with E-state index < -0.39 is 30.1 Å². The molecule has 7 heteroatoms. The van der Waals surface area contributed by atoms with Gasteiger partial charge in [-0.1, -0.05) is 44.2 Å². The molecule has 0 aliphatic rings. The zero-order valence-electron chi connectivity index (χ0n) is 14.4. The number of esters is 1. The topological polar surface area (TPSA) is 93.7 Å². The Labute approximate surface area is 141 Å². The van der Waals surface area contributed by atoms with Gasteiger partial charge < -0.3 is 20.1 Å². The number of benzene rings is 1. The van der Waals surface area contributed by atoms with Crippen LogP contribution in [-0.4, -0.2) is 37.2 Å². The number of hydrogen-bond acceptors (Lipinski definition) is 5. The highest BCUT2D eigenvalue weighted by Gasteiger charge is 2.27. The highest BCUT2D eigenvalue weighted by atomic mass is 16.5. The van der Waals surface area contributed by atoms with E-state index in [1.807, 2.05) is 30.3 Å². The van der Waals surface area contributed by atoms with E-state index in [1.54, 1.807) is 13.8 Å². The van der Waals surface area contributed by atoms with Crippen LogP contribution in [0.4, 0.5) is 4.79 Å². The molecule has 0 aromatic heterocycles. The van der Waals surface area contributed by atoms with Gasteiger partial charge in [0.05, 0.1) is 7.11 Å². The first-order valence-electron chi connectivity index (χ1n) is 7.70. The van der Waals surface area contributed by atoms with Crippen LogP contribution in [0.2, 0.25) is 0 Å². The Bertz CT molecular complexity index is 559. The van der Waals surface area contributed by atoms with Crippen molar-refractivity contribution in [3.8, 4) is 0 Å². The van der Waals surface area contributed by atoms with E-state index in [1.165, 1.54) is 14.0 Å². The van der Waals surface area contributed by atoms with Gasteiger partial charge in [-0.05, 0) is 18.4 Å². The van der Waals surface area contributed by atoms with E-state index in [4.69, 9.17) is 4.74 Å². The molecule has 2 N–H and O–H groups in total. The minimum atomic E-state index is -0.819.